The Hall–Kier alpha value is -3.75. The standard InChI is InChI=1S/C19H12F3N5O/c20-19(21,22)14-3-1-4-15(8-14)26-18(28)13-7-12(9-23-10-13)16-11-24-17-5-2-6-25-27(16)17/h1-11H,(H,26,28). The van der Waals surface area contributed by atoms with Crippen molar-refractivity contribution in [3.05, 3.63) is 78.4 Å². The van der Waals surface area contributed by atoms with Crippen LogP contribution >= 0.6 is 0 Å². The van der Waals surface area contributed by atoms with Crippen molar-refractivity contribution in [2.45, 2.75) is 6.18 Å². The van der Waals surface area contributed by atoms with Gasteiger partial charge in [-0.1, -0.05) is 6.07 Å². The first-order valence-electron chi connectivity index (χ1n) is 8.14. The molecule has 0 aliphatic rings. The van der Waals surface area contributed by atoms with E-state index in [4.69, 9.17) is 0 Å². The van der Waals surface area contributed by atoms with E-state index in [0.717, 1.165) is 12.1 Å². The van der Waals surface area contributed by atoms with Crippen molar-refractivity contribution in [3.8, 4) is 11.3 Å². The molecule has 9 heteroatoms. The Balaban J connectivity index is 1.62. The van der Waals surface area contributed by atoms with Crippen molar-refractivity contribution < 1.29 is 18.0 Å². The van der Waals surface area contributed by atoms with E-state index in [-0.39, 0.29) is 11.3 Å². The maximum atomic E-state index is 12.8. The summed E-state index contributed by atoms with van der Waals surface area (Å²) in [6.07, 6.45) is 1.62. The number of hydrogen-bond donors (Lipinski definition) is 1. The van der Waals surface area contributed by atoms with Crippen molar-refractivity contribution >= 4 is 17.2 Å². The summed E-state index contributed by atoms with van der Waals surface area (Å²) in [5.41, 5.74) is 1.27. The lowest BCUT2D eigenvalue weighted by Crippen LogP contribution is -2.13. The number of imidazole rings is 1. The molecule has 3 heterocycles. The summed E-state index contributed by atoms with van der Waals surface area (Å²) in [7, 11) is 0. The largest absolute Gasteiger partial charge is 0.416 e. The summed E-state index contributed by atoms with van der Waals surface area (Å²) >= 11 is 0. The molecule has 0 unspecified atom stereocenters. The van der Waals surface area contributed by atoms with E-state index in [1.54, 1.807) is 41.3 Å². The van der Waals surface area contributed by atoms with Gasteiger partial charge in [0.1, 0.15) is 0 Å². The highest BCUT2D eigenvalue weighted by atomic mass is 19.4. The molecule has 1 aromatic carbocycles. The number of fused-ring (bicyclic) bond motifs is 1. The molecule has 1 amide bonds. The fourth-order valence-electron chi connectivity index (χ4n) is 2.71. The van der Waals surface area contributed by atoms with Crippen LogP contribution in [0.25, 0.3) is 16.9 Å². The Morgan fingerprint density at radius 3 is 2.71 bits per heavy atom. The van der Waals surface area contributed by atoms with Crippen LogP contribution in [0.4, 0.5) is 18.9 Å². The van der Waals surface area contributed by atoms with Crippen molar-refractivity contribution in [1.82, 2.24) is 19.6 Å². The number of carbonyl (C=O) groups is 1. The van der Waals surface area contributed by atoms with E-state index in [9.17, 15) is 18.0 Å². The number of anilines is 1. The van der Waals surface area contributed by atoms with Crippen molar-refractivity contribution in [1.29, 1.82) is 0 Å². The lowest BCUT2D eigenvalue weighted by Gasteiger charge is -2.10. The fraction of sp³-hybridized carbons (Fsp3) is 0.0526. The van der Waals surface area contributed by atoms with E-state index in [1.165, 1.54) is 18.3 Å². The summed E-state index contributed by atoms with van der Waals surface area (Å²) in [5, 5.41) is 6.68. The molecule has 0 radical (unpaired) electrons. The van der Waals surface area contributed by atoms with Crippen molar-refractivity contribution in [2.24, 2.45) is 0 Å². The molecule has 140 valence electrons. The topological polar surface area (TPSA) is 72.2 Å². The fourth-order valence-corrected chi connectivity index (χ4v) is 2.71. The zero-order valence-corrected chi connectivity index (χ0v) is 14.2. The summed E-state index contributed by atoms with van der Waals surface area (Å²) in [5.74, 6) is -0.574. The van der Waals surface area contributed by atoms with Crippen LogP contribution in [-0.2, 0) is 6.18 Å². The van der Waals surface area contributed by atoms with E-state index in [2.05, 4.69) is 20.4 Å². The van der Waals surface area contributed by atoms with E-state index < -0.39 is 17.6 Å². The summed E-state index contributed by atoms with van der Waals surface area (Å²) in [4.78, 5) is 20.8. The average Bonchev–Trinajstić information content (AvgIpc) is 3.12. The summed E-state index contributed by atoms with van der Waals surface area (Å²) < 4.78 is 40.1. The SMILES string of the molecule is O=C(Nc1cccc(C(F)(F)F)c1)c1cncc(-c2cnc3cccnn23)c1. The number of carbonyl (C=O) groups excluding carboxylic acids is 1. The molecule has 0 atom stereocenters. The van der Waals surface area contributed by atoms with Gasteiger partial charge >= 0.3 is 6.18 Å². The summed E-state index contributed by atoms with van der Waals surface area (Å²) in [6.45, 7) is 0. The number of nitrogens with one attached hydrogen (secondary N) is 1. The first-order chi connectivity index (χ1) is 13.4. The second-order valence-corrected chi connectivity index (χ2v) is 5.93. The highest BCUT2D eigenvalue weighted by Crippen LogP contribution is 2.30. The molecule has 28 heavy (non-hydrogen) atoms. The number of hydrogen-bond acceptors (Lipinski definition) is 4. The van der Waals surface area contributed by atoms with Gasteiger partial charge in [0, 0.05) is 29.8 Å². The first kappa shape index (κ1) is 17.7. The normalized spacial score (nSPS) is 11.5. The first-order valence-corrected chi connectivity index (χ1v) is 8.14. The number of aromatic nitrogens is 4. The zero-order valence-electron chi connectivity index (χ0n) is 14.2. The second kappa shape index (κ2) is 6.76. The maximum Gasteiger partial charge on any atom is 0.416 e. The monoisotopic (exact) mass is 383 g/mol. The predicted molar refractivity (Wildman–Crippen MR) is 95.6 cm³/mol. The maximum absolute atomic E-state index is 12.8. The number of pyridine rings is 1. The molecule has 0 fully saturated rings. The molecular formula is C19H12F3N5O. The van der Waals surface area contributed by atoms with Crippen LogP contribution < -0.4 is 5.32 Å². The van der Waals surface area contributed by atoms with Gasteiger partial charge in [-0.05, 0) is 36.4 Å². The minimum atomic E-state index is -4.49. The lowest BCUT2D eigenvalue weighted by molar-refractivity contribution is -0.137. The zero-order chi connectivity index (χ0) is 19.7. The number of benzene rings is 1. The quantitative estimate of drug-likeness (QED) is 0.579. The van der Waals surface area contributed by atoms with E-state index in [1.807, 2.05) is 0 Å². The number of nitrogens with zero attached hydrogens (tertiary/aromatic N) is 4. The van der Waals surface area contributed by atoms with Gasteiger partial charge in [-0.3, -0.25) is 9.78 Å². The molecular weight excluding hydrogens is 371 g/mol. The average molecular weight is 383 g/mol. The third kappa shape index (κ3) is 3.41. The van der Waals surface area contributed by atoms with Gasteiger partial charge in [0.05, 0.1) is 23.0 Å². The molecule has 3 aromatic heterocycles. The molecule has 4 rings (SSSR count). The molecule has 0 saturated carbocycles. The Morgan fingerprint density at radius 1 is 1.04 bits per heavy atom. The number of halogens is 3. The van der Waals surface area contributed by atoms with Gasteiger partial charge in [-0.2, -0.15) is 18.3 Å². The molecule has 0 spiro atoms. The van der Waals surface area contributed by atoms with E-state index >= 15 is 0 Å². The Bertz CT molecular complexity index is 1170. The molecule has 0 bridgehead atoms. The Labute approximate surface area is 156 Å². The molecule has 0 saturated heterocycles. The van der Waals surface area contributed by atoms with Crippen LogP contribution in [0.5, 0.6) is 0 Å². The van der Waals surface area contributed by atoms with Crippen LogP contribution in [0.1, 0.15) is 15.9 Å². The number of alkyl halides is 3. The van der Waals surface area contributed by atoms with Gasteiger partial charge in [0.2, 0.25) is 0 Å². The third-order valence-electron chi connectivity index (χ3n) is 4.02. The van der Waals surface area contributed by atoms with Crippen LogP contribution in [0.2, 0.25) is 0 Å². The highest BCUT2D eigenvalue weighted by Gasteiger charge is 2.30. The van der Waals surface area contributed by atoms with Crippen LogP contribution in [0, 0.1) is 0 Å². The van der Waals surface area contributed by atoms with Crippen molar-refractivity contribution in [3.63, 3.8) is 0 Å². The van der Waals surface area contributed by atoms with Crippen LogP contribution in [0.3, 0.4) is 0 Å². The minimum Gasteiger partial charge on any atom is -0.322 e. The molecule has 4 aromatic rings. The molecule has 6 nitrogen and oxygen atoms in total. The van der Waals surface area contributed by atoms with Gasteiger partial charge in [0.25, 0.3) is 5.91 Å². The lowest BCUT2D eigenvalue weighted by atomic mass is 10.1. The van der Waals surface area contributed by atoms with Gasteiger partial charge < -0.3 is 5.32 Å². The minimum absolute atomic E-state index is 0.0432. The molecule has 1 N–H and O–H groups in total. The van der Waals surface area contributed by atoms with Crippen LogP contribution in [0.15, 0.2) is 67.3 Å². The smallest absolute Gasteiger partial charge is 0.322 e. The summed E-state index contributed by atoms with van der Waals surface area (Å²) in [6, 6.07) is 9.56. The molecule has 0 aliphatic carbocycles. The number of rotatable bonds is 3. The van der Waals surface area contributed by atoms with Gasteiger partial charge in [0.15, 0.2) is 5.65 Å². The second-order valence-electron chi connectivity index (χ2n) is 5.93. The van der Waals surface area contributed by atoms with Crippen LogP contribution in [-0.4, -0.2) is 25.5 Å². The van der Waals surface area contributed by atoms with E-state index in [0.29, 0.717) is 16.9 Å². The Kier molecular flexibility index (Phi) is 4.26. The highest BCUT2D eigenvalue weighted by molar-refractivity contribution is 6.04. The number of amides is 1. The predicted octanol–water partition coefficient (Wildman–Crippen LogP) is 4.06. The van der Waals surface area contributed by atoms with Crippen molar-refractivity contribution in [2.75, 3.05) is 5.32 Å². The van der Waals surface area contributed by atoms with Gasteiger partial charge in [-0.25, -0.2) is 9.50 Å². The van der Waals surface area contributed by atoms with Gasteiger partial charge in [-0.15, -0.1) is 0 Å². The Morgan fingerprint density at radius 2 is 1.89 bits per heavy atom. The third-order valence-corrected chi connectivity index (χ3v) is 4.02. The molecule has 0 aliphatic heterocycles.